The molecule has 2 heteroatoms. The number of halogens is 1. The van der Waals surface area contributed by atoms with Crippen LogP contribution in [0.2, 0.25) is 0 Å². The lowest BCUT2D eigenvalue weighted by Crippen LogP contribution is -1.99. The Hall–Kier alpha value is -1.47. The van der Waals surface area contributed by atoms with Crippen molar-refractivity contribution in [3.63, 3.8) is 0 Å². The number of allylic oxidation sites excluding steroid dienone is 1. The molecule has 0 bridgehead atoms. The zero-order valence-corrected chi connectivity index (χ0v) is 11.4. The Kier molecular flexibility index (Phi) is 4.66. The fourth-order valence-electron chi connectivity index (χ4n) is 2.12. The Morgan fingerprint density at radius 2 is 1.94 bits per heavy atom. The van der Waals surface area contributed by atoms with Crippen molar-refractivity contribution < 1.29 is 0 Å². The van der Waals surface area contributed by atoms with E-state index in [-0.39, 0.29) is 0 Å². The van der Waals surface area contributed by atoms with Crippen LogP contribution in [0, 0.1) is 0 Å². The van der Waals surface area contributed by atoms with E-state index in [1.807, 2.05) is 6.07 Å². The van der Waals surface area contributed by atoms with Crippen LogP contribution >= 0.6 is 11.6 Å². The molecule has 0 aliphatic carbocycles. The molecule has 0 radical (unpaired) electrons. The van der Waals surface area contributed by atoms with Gasteiger partial charge >= 0.3 is 0 Å². The maximum atomic E-state index is 5.82. The number of nitrogens with zero attached hydrogens (tertiary/aromatic N) is 1. The van der Waals surface area contributed by atoms with Crippen LogP contribution in [-0.2, 0) is 6.54 Å². The third-order valence-electron chi connectivity index (χ3n) is 2.99. The molecule has 0 saturated heterocycles. The van der Waals surface area contributed by atoms with Gasteiger partial charge in [0.25, 0.3) is 0 Å². The molecule has 0 atom stereocenters. The monoisotopic (exact) mass is 259 g/mol. The van der Waals surface area contributed by atoms with Crippen LogP contribution < -0.4 is 0 Å². The van der Waals surface area contributed by atoms with Crippen LogP contribution in [0.25, 0.3) is 5.57 Å². The lowest BCUT2D eigenvalue weighted by atomic mass is 10.0. The summed E-state index contributed by atoms with van der Waals surface area (Å²) in [5, 5.41) is 0. The smallest absolute Gasteiger partial charge is 0.0482 e. The molecule has 0 N–H and O–H groups in total. The third kappa shape index (κ3) is 2.85. The average Bonchev–Trinajstić information content (AvgIpc) is 2.89. The highest BCUT2D eigenvalue weighted by Gasteiger charge is 2.07. The Morgan fingerprint density at radius 3 is 2.61 bits per heavy atom. The molecular formula is C16H18ClN. The predicted octanol–water partition coefficient (Wildman–Crippen LogP) is 4.57. The summed E-state index contributed by atoms with van der Waals surface area (Å²) in [5.74, 6) is 0.656. The molecule has 18 heavy (non-hydrogen) atoms. The Labute approximate surface area is 114 Å². The fraction of sp³-hybridized carbons (Fsp3) is 0.250. The minimum Gasteiger partial charge on any atom is -0.348 e. The SMILES string of the molecule is CCn1cccc1/C(=C/CCCl)c1ccccc1. The topological polar surface area (TPSA) is 4.93 Å². The molecule has 2 rings (SSSR count). The summed E-state index contributed by atoms with van der Waals surface area (Å²) in [4.78, 5) is 0. The molecule has 94 valence electrons. The van der Waals surface area contributed by atoms with Gasteiger partial charge in [0, 0.05) is 29.9 Å². The van der Waals surface area contributed by atoms with E-state index in [0.717, 1.165) is 13.0 Å². The molecule has 1 aromatic heterocycles. The van der Waals surface area contributed by atoms with Gasteiger partial charge in [0.1, 0.15) is 0 Å². The molecule has 0 aliphatic rings. The summed E-state index contributed by atoms with van der Waals surface area (Å²) in [6.45, 7) is 3.14. The van der Waals surface area contributed by atoms with E-state index in [9.17, 15) is 0 Å². The van der Waals surface area contributed by atoms with E-state index in [1.54, 1.807) is 0 Å². The molecule has 2 aromatic rings. The first kappa shape index (κ1) is 13.0. The highest BCUT2D eigenvalue weighted by molar-refractivity contribution is 6.18. The standard InChI is InChI=1S/C16H18ClN/c1-2-18-13-7-11-16(18)15(10-6-12-17)14-8-4-3-5-9-14/h3-5,7-11,13H,2,6,12H2,1H3/b15-10+. The normalized spacial score (nSPS) is 11.8. The van der Waals surface area contributed by atoms with Gasteiger partial charge in [0.05, 0.1) is 0 Å². The number of alkyl halides is 1. The van der Waals surface area contributed by atoms with Crippen LogP contribution in [0.4, 0.5) is 0 Å². The summed E-state index contributed by atoms with van der Waals surface area (Å²) in [5.41, 5.74) is 3.77. The molecule has 1 heterocycles. The molecule has 1 nitrogen and oxygen atoms in total. The van der Waals surface area contributed by atoms with E-state index >= 15 is 0 Å². The summed E-state index contributed by atoms with van der Waals surface area (Å²) in [6, 6.07) is 14.7. The van der Waals surface area contributed by atoms with Crippen molar-refractivity contribution in [2.45, 2.75) is 19.9 Å². The number of rotatable bonds is 5. The van der Waals surface area contributed by atoms with Crippen molar-refractivity contribution in [2.24, 2.45) is 0 Å². The van der Waals surface area contributed by atoms with Crippen LogP contribution in [0.5, 0.6) is 0 Å². The quantitative estimate of drug-likeness (QED) is 0.694. The average molecular weight is 260 g/mol. The van der Waals surface area contributed by atoms with E-state index in [0.29, 0.717) is 5.88 Å². The minimum atomic E-state index is 0.656. The summed E-state index contributed by atoms with van der Waals surface area (Å²) >= 11 is 5.82. The van der Waals surface area contributed by atoms with Crippen molar-refractivity contribution in [2.75, 3.05) is 5.88 Å². The number of hydrogen-bond acceptors (Lipinski definition) is 0. The van der Waals surface area contributed by atoms with E-state index in [1.165, 1.54) is 16.8 Å². The van der Waals surface area contributed by atoms with Gasteiger partial charge in [0.2, 0.25) is 0 Å². The first-order valence-corrected chi connectivity index (χ1v) is 6.87. The largest absolute Gasteiger partial charge is 0.348 e. The van der Waals surface area contributed by atoms with Crippen molar-refractivity contribution in [1.82, 2.24) is 4.57 Å². The van der Waals surface area contributed by atoms with E-state index < -0.39 is 0 Å². The third-order valence-corrected chi connectivity index (χ3v) is 3.21. The zero-order chi connectivity index (χ0) is 12.8. The maximum Gasteiger partial charge on any atom is 0.0482 e. The molecular weight excluding hydrogens is 242 g/mol. The fourth-order valence-corrected chi connectivity index (χ4v) is 2.23. The molecule has 0 spiro atoms. The van der Waals surface area contributed by atoms with Crippen molar-refractivity contribution in [3.8, 4) is 0 Å². The minimum absolute atomic E-state index is 0.656. The summed E-state index contributed by atoms with van der Waals surface area (Å²) < 4.78 is 2.26. The first-order valence-electron chi connectivity index (χ1n) is 6.34. The second kappa shape index (κ2) is 6.46. The van der Waals surface area contributed by atoms with Gasteiger partial charge in [0.15, 0.2) is 0 Å². The van der Waals surface area contributed by atoms with Gasteiger partial charge in [-0.1, -0.05) is 36.4 Å². The number of aromatic nitrogens is 1. The van der Waals surface area contributed by atoms with Crippen LogP contribution in [0.3, 0.4) is 0 Å². The van der Waals surface area contributed by atoms with E-state index in [4.69, 9.17) is 11.6 Å². The number of benzene rings is 1. The Morgan fingerprint density at radius 1 is 1.17 bits per heavy atom. The summed E-state index contributed by atoms with van der Waals surface area (Å²) in [7, 11) is 0. The lowest BCUT2D eigenvalue weighted by Gasteiger charge is -2.11. The second-order valence-electron chi connectivity index (χ2n) is 4.14. The summed E-state index contributed by atoms with van der Waals surface area (Å²) in [6.07, 6.45) is 5.23. The molecule has 1 aromatic carbocycles. The number of hydrogen-bond donors (Lipinski definition) is 0. The van der Waals surface area contributed by atoms with Gasteiger partial charge in [-0.15, -0.1) is 11.6 Å². The Bertz CT molecular complexity index is 511. The highest BCUT2D eigenvalue weighted by atomic mass is 35.5. The van der Waals surface area contributed by atoms with Crippen LogP contribution in [-0.4, -0.2) is 10.4 Å². The molecule has 0 amide bonds. The highest BCUT2D eigenvalue weighted by Crippen LogP contribution is 2.24. The molecule has 0 fully saturated rings. The second-order valence-corrected chi connectivity index (χ2v) is 4.52. The van der Waals surface area contributed by atoms with Crippen LogP contribution in [0.1, 0.15) is 24.6 Å². The molecule has 0 saturated carbocycles. The van der Waals surface area contributed by atoms with Gasteiger partial charge in [-0.3, -0.25) is 0 Å². The van der Waals surface area contributed by atoms with Crippen LogP contribution in [0.15, 0.2) is 54.7 Å². The van der Waals surface area contributed by atoms with Crippen molar-refractivity contribution in [1.29, 1.82) is 0 Å². The Balaban J connectivity index is 2.44. The zero-order valence-electron chi connectivity index (χ0n) is 10.6. The van der Waals surface area contributed by atoms with Crippen molar-refractivity contribution in [3.05, 3.63) is 66.0 Å². The predicted molar refractivity (Wildman–Crippen MR) is 79.0 cm³/mol. The van der Waals surface area contributed by atoms with E-state index in [2.05, 4.69) is 60.2 Å². The van der Waals surface area contributed by atoms with Gasteiger partial charge < -0.3 is 4.57 Å². The van der Waals surface area contributed by atoms with Gasteiger partial charge in [-0.05, 0) is 31.0 Å². The lowest BCUT2D eigenvalue weighted by molar-refractivity contribution is 0.758. The maximum absolute atomic E-state index is 5.82. The molecule has 0 aliphatic heterocycles. The number of aryl methyl sites for hydroxylation is 1. The van der Waals surface area contributed by atoms with Gasteiger partial charge in [-0.25, -0.2) is 0 Å². The first-order chi connectivity index (χ1) is 8.86. The van der Waals surface area contributed by atoms with Crippen molar-refractivity contribution >= 4 is 17.2 Å². The molecule has 0 unspecified atom stereocenters. The van der Waals surface area contributed by atoms with Gasteiger partial charge in [-0.2, -0.15) is 0 Å².